The van der Waals surface area contributed by atoms with Crippen molar-refractivity contribution in [2.75, 3.05) is 23.8 Å². The number of carbonyl (C=O) groups is 1. The fourth-order valence-corrected chi connectivity index (χ4v) is 1.99. The van der Waals surface area contributed by atoms with Gasteiger partial charge in [-0.25, -0.2) is 0 Å². The van der Waals surface area contributed by atoms with Gasteiger partial charge in [0.2, 0.25) is 5.91 Å². The van der Waals surface area contributed by atoms with Crippen LogP contribution >= 0.6 is 0 Å². The molecule has 4 N–H and O–H groups in total. The summed E-state index contributed by atoms with van der Waals surface area (Å²) < 4.78 is 0. The minimum atomic E-state index is -0.572. The Bertz CT molecular complexity index is 416. The average molecular weight is 222 g/mol. The van der Waals surface area contributed by atoms with Crippen LogP contribution in [-0.2, 0) is 11.2 Å². The molecular weight excluding hydrogens is 208 g/mol. The van der Waals surface area contributed by atoms with Crippen LogP contribution < -0.4 is 10.6 Å². The second kappa shape index (κ2) is 4.11. The van der Waals surface area contributed by atoms with E-state index in [9.17, 15) is 4.79 Å². The molecule has 1 amide bonds. The number of nitrogens with zero attached hydrogens (tertiary/aromatic N) is 1. The van der Waals surface area contributed by atoms with Crippen LogP contribution in [0.25, 0.3) is 0 Å². The van der Waals surface area contributed by atoms with Crippen molar-refractivity contribution in [1.82, 2.24) is 0 Å². The zero-order valence-electron chi connectivity index (χ0n) is 8.76. The summed E-state index contributed by atoms with van der Waals surface area (Å²) in [5.74, 6) is -0.117. The number of hydrogen-bond acceptors (Lipinski definition) is 4. The molecule has 0 radical (unpaired) electrons. The number of aliphatic hydroxyl groups is 2. The Morgan fingerprint density at radius 2 is 2.06 bits per heavy atom. The van der Waals surface area contributed by atoms with E-state index < -0.39 is 6.04 Å². The quantitative estimate of drug-likeness (QED) is 0.602. The van der Waals surface area contributed by atoms with Crippen LogP contribution in [0.15, 0.2) is 18.2 Å². The van der Waals surface area contributed by atoms with Crippen LogP contribution in [0.4, 0.5) is 11.4 Å². The van der Waals surface area contributed by atoms with Crippen molar-refractivity contribution in [3.05, 3.63) is 23.8 Å². The number of nitrogens with two attached hydrogens (primary N) is 1. The van der Waals surface area contributed by atoms with Crippen molar-refractivity contribution in [2.24, 2.45) is 0 Å². The Morgan fingerprint density at radius 1 is 1.38 bits per heavy atom. The number of rotatable bonds is 3. The summed E-state index contributed by atoms with van der Waals surface area (Å²) in [7, 11) is 0. The maximum absolute atomic E-state index is 11.8. The van der Waals surface area contributed by atoms with Gasteiger partial charge in [-0.1, -0.05) is 0 Å². The van der Waals surface area contributed by atoms with Crippen molar-refractivity contribution in [2.45, 2.75) is 12.5 Å². The van der Waals surface area contributed by atoms with E-state index in [4.69, 9.17) is 15.9 Å². The highest BCUT2D eigenvalue weighted by atomic mass is 16.3. The first-order valence-electron chi connectivity index (χ1n) is 5.09. The molecule has 0 bridgehead atoms. The molecule has 0 spiro atoms. The highest BCUT2D eigenvalue weighted by molar-refractivity contribution is 6.02. The Morgan fingerprint density at radius 3 is 2.69 bits per heavy atom. The largest absolute Gasteiger partial charge is 0.399 e. The molecule has 1 aromatic rings. The van der Waals surface area contributed by atoms with Gasteiger partial charge in [0.25, 0.3) is 0 Å². The van der Waals surface area contributed by atoms with Crippen molar-refractivity contribution in [1.29, 1.82) is 0 Å². The minimum absolute atomic E-state index is 0.117. The van der Waals surface area contributed by atoms with E-state index in [0.29, 0.717) is 5.69 Å². The summed E-state index contributed by atoms with van der Waals surface area (Å²) in [6, 6.07) is 4.63. The molecule has 16 heavy (non-hydrogen) atoms. The Hall–Kier alpha value is -1.59. The Kier molecular flexibility index (Phi) is 2.80. The molecule has 1 aromatic carbocycles. The molecule has 2 rings (SSSR count). The van der Waals surface area contributed by atoms with Gasteiger partial charge in [0.1, 0.15) is 0 Å². The molecular formula is C11H14N2O3. The summed E-state index contributed by atoms with van der Waals surface area (Å²) in [4.78, 5) is 13.2. The fourth-order valence-electron chi connectivity index (χ4n) is 1.99. The lowest BCUT2D eigenvalue weighted by molar-refractivity contribution is -0.118. The lowest BCUT2D eigenvalue weighted by atomic mass is 10.1. The van der Waals surface area contributed by atoms with E-state index in [0.717, 1.165) is 11.3 Å². The molecule has 1 aliphatic heterocycles. The van der Waals surface area contributed by atoms with Gasteiger partial charge in [-0.05, 0) is 23.8 Å². The van der Waals surface area contributed by atoms with Gasteiger partial charge < -0.3 is 20.8 Å². The molecule has 0 saturated carbocycles. The van der Waals surface area contributed by atoms with Crippen LogP contribution in [0.5, 0.6) is 0 Å². The fraction of sp³-hybridized carbons (Fsp3) is 0.364. The molecule has 1 heterocycles. The first-order chi connectivity index (χ1) is 7.67. The third-order valence-electron chi connectivity index (χ3n) is 2.76. The number of benzene rings is 1. The van der Waals surface area contributed by atoms with E-state index in [1.165, 1.54) is 4.90 Å². The van der Waals surface area contributed by atoms with Crippen molar-refractivity contribution >= 4 is 17.3 Å². The van der Waals surface area contributed by atoms with Gasteiger partial charge in [0.15, 0.2) is 0 Å². The standard InChI is InChI=1S/C11H14N2O3/c12-8-1-2-10-7(3-8)4-11(16)13(10)9(5-14)6-15/h1-3,9,14-15H,4-6,12H2. The summed E-state index contributed by atoms with van der Waals surface area (Å²) in [5, 5.41) is 18.2. The molecule has 1 aliphatic rings. The molecule has 0 aliphatic carbocycles. The zero-order chi connectivity index (χ0) is 11.7. The van der Waals surface area contributed by atoms with E-state index in [-0.39, 0.29) is 25.5 Å². The average Bonchev–Trinajstić information content (AvgIpc) is 2.57. The van der Waals surface area contributed by atoms with Crippen LogP contribution in [0.1, 0.15) is 5.56 Å². The Balaban J connectivity index is 2.39. The third-order valence-corrected chi connectivity index (χ3v) is 2.76. The SMILES string of the molecule is Nc1ccc2c(c1)CC(=O)N2C(CO)CO. The van der Waals surface area contributed by atoms with Crippen LogP contribution in [-0.4, -0.2) is 35.4 Å². The lowest BCUT2D eigenvalue weighted by Gasteiger charge is -2.25. The number of amides is 1. The van der Waals surface area contributed by atoms with Crippen molar-refractivity contribution in [3.8, 4) is 0 Å². The molecule has 0 atom stereocenters. The number of carbonyl (C=O) groups excluding carboxylic acids is 1. The molecule has 86 valence electrons. The smallest absolute Gasteiger partial charge is 0.231 e. The van der Waals surface area contributed by atoms with E-state index in [1.807, 2.05) is 0 Å². The van der Waals surface area contributed by atoms with E-state index >= 15 is 0 Å². The molecule has 0 fully saturated rings. The monoisotopic (exact) mass is 222 g/mol. The maximum Gasteiger partial charge on any atom is 0.231 e. The van der Waals surface area contributed by atoms with Gasteiger partial charge in [-0.2, -0.15) is 0 Å². The predicted molar refractivity (Wildman–Crippen MR) is 60.0 cm³/mol. The summed E-state index contributed by atoms with van der Waals surface area (Å²) in [6.07, 6.45) is 0.275. The van der Waals surface area contributed by atoms with Crippen LogP contribution in [0.2, 0.25) is 0 Å². The predicted octanol–water partition coefficient (Wildman–Crippen LogP) is -0.489. The van der Waals surface area contributed by atoms with Gasteiger partial charge in [-0.3, -0.25) is 4.79 Å². The van der Waals surface area contributed by atoms with Crippen molar-refractivity contribution < 1.29 is 15.0 Å². The van der Waals surface area contributed by atoms with Gasteiger partial charge in [0.05, 0.1) is 25.7 Å². The molecule has 0 aromatic heterocycles. The second-order valence-electron chi connectivity index (χ2n) is 3.85. The normalized spacial score (nSPS) is 14.7. The van der Waals surface area contributed by atoms with Crippen molar-refractivity contribution in [3.63, 3.8) is 0 Å². The summed E-state index contributed by atoms with van der Waals surface area (Å²) in [6.45, 7) is -0.516. The first-order valence-corrected chi connectivity index (χ1v) is 5.09. The maximum atomic E-state index is 11.8. The first kappa shape index (κ1) is 10.9. The van der Waals surface area contributed by atoms with Gasteiger partial charge in [0, 0.05) is 11.4 Å². The van der Waals surface area contributed by atoms with Crippen LogP contribution in [0.3, 0.4) is 0 Å². The van der Waals surface area contributed by atoms with Gasteiger partial charge in [-0.15, -0.1) is 0 Å². The highest BCUT2D eigenvalue weighted by Crippen LogP contribution is 2.31. The number of hydrogen-bond donors (Lipinski definition) is 3. The molecule has 0 saturated heterocycles. The lowest BCUT2D eigenvalue weighted by Crippen LogP contribution is -2.42. The van der Waals surface area contributed by atoms with E-state index in [2.05, 4.69) is 0 Å². The molecule has 5 heteroatoms. The number of fused-ring (bicyclic) bond motifs is 1. The third kappa shape index (κ3) is 1.64. The minimum Gasteiger partial charge on any atom is -0.399 e. The molecule has 5 nitrogen and oxygen atoms in total. The van der Waals surface area contributed by atoms with E-state index in [1.54, 1.807) is 18.2 Å². The number of nitrogen functional groups attached to an aromatic ring is 1. The number of aliphatic hydroxyl groups excluding tert-OH is 2. The van der Waals surface area contributed by atoms with Gasteiger partial charge >= 0.3 is 0 Å². The molecule has 0 unspecified atom stereocenters. The number of anilines is 2. The Labute approximate surface area is 93.1 Å². The second-order valence-corrected chi connectivity index (χ2v) is 3.85. The zero-order valence-corrected chi connectivity index (χ0v) is 8.76. The summed E-state index contributed by atoms with van der Waals surface area (Å²) in [5.41, 5.74) is 7.82. The topological polar surface area (TPSA) is 86.8 Å². The summed E-state index contributed by atoms with van der Waals surface area (Å²) >= 11 is 0. The highest BCUT2D eigenvalue weighted by Gasteiger charge is 2.32. The van der Waals surface area contributed by atoms with Crippen LogP contribution in [0, 0.1) is 0 Å².